The molecule has 2 aromatic rings. The summed E-state index contributed by atoms with van der Waals surface area (Å²) in [5.41, 5.74) is 0.920. The Morgan fingerprint density at radius 3 is 2.67 bits per heavy atom. The van der Waals surface area contributed by atoms with Crippen LogP contribution in [0, 0.1) is 6.92 Å². The fourth-order valence-corrected chi connectivity index (χ4v) is 5.89. The van der Waals surface area contributed by atoms with Gasteiger partial charge in [-0.15, -0.1) is 0 Å². The van der Waals surface area contributed by atoms with Gasteiger partial charge in [0.05, 0.1) is 11.4 Å². The van der Waals surface area contributed by atoms with Crippen molar-refractivity contribution in [2.45, 2.75) is 69.2 Å². The first-order valence-corrected chi connectivity index (χ1v) is 11.4. The number of nitrogens with zero attached hydrogens (tertiary/aromatic N) is 5. The Labute approximate surface area is 173 Å². The van der Waals surface area contributed by atoms with Crippen LogP contribution in [0.5, 0.6) is 0 Å². The summed E-state index contributed by atoms with van der Waals surface area (Å²) >= 11 is 0. The zero-order chi connectivity index (χ0) is 21.8. The molecule has 1 N–H and O–H groups in total. The number of aryl methyl sites for hydroxylation is 2. The Hall–Kier alpha value is -2.08. The van der Waals surface area contributed by atoms with E-state index < -0.39 is 22.2 Å². The molecule has 4 rings (SSSR count). The number of halogens is 3. The predicted octanol–water partition coefficient (Wildman–Crippen LogP) is 2.89. The molecule has 0 aliphatic carbocycles. The molecule has 3 atom stereocenters. The molecule has 166 valence electrons. The van der Waals surface area contributed by atoms with Crippen LogP contribution in [0.15, 0.2) is 17.2 Å². The van der Waals surface area contributed by atoms with Crippen molar-refractivity contribution < 1.29 is 21.6 Å². The van der Waals surface area contributed by atoms with Crippen molar-refractivity contribution in [3.8, 4) is 0 Å². The molecule has 1 fully saturated rings. The van der Waals surface area contributed by atoms with Crippen molar-refractivity contribution >= 4 is 15.8 Å². The van der Waals surface area contributed by atoms with Crippen molar-refractivity contribution in [1.82, 2.24) is 23.9 Å². The highest BCUT2D eigenvalue weighted by Gasteiger charge is 2.46. The maximum atomic E-state index is 13.5. The van der Waals surface area contributed by atoms with Crippen LogP contribution in [-0.2, 0) is 16.6 Å². The first-order chi connectivity index (χ1) is 14.0. The van der Waals surface area contributed by atoms with Gasteiger partial charge in [-0.05, 0) is 33.6 Å². The average Bonchev–Trinajstić information content (AvgIpc) is 3.37. The number of aromatic nitrogens is 4. The number of fused-ring (bicyclic) bond motifs is 1. The van der Waals surface area contributed by atoms with Crippen molar-refractivity contribution in [2.75, 3.05) is 18.4 Å². The maximum Gasteiger partial charge on any atom is 0.410 e. The fraction of sp³-hybridized carbons (Fsp3) is 0.667. The van der Waals surface area contributed by atoms with Crippen LogP contribution < -0.4 is 5.32 Å². The lowest BCUT2D eigenvalue weighted by Crippen LogP contribution is -2.37. The molecule has 0 radical (unpaired) electrons. The van der Waals surface area contributed by atoms with Gasteiger partial charge in [0.2, 0.25) is 10.0 Å². The number of rotatable bonds is 4. The highest BCUT2D eigenvalue weighted by atomic mass is 32.2. The third-order valence-corrected chi connectivity index (χ3v) is 7.78. The summed E-state index contributed by atoms with van der Waals surface area (Å²) in [6.45, 7) is 6.27. The summed E-state index contributed by atoms with van der Waals surface area (Å²) in [6.07, 6.45) is -2.46. The van der Waals surface area contributed by atoms with Gasteiger partial charge in [-0.3, -0.25) is 4.68 Å². The molecule has 0 bridgehead atoms. The van der Waals surface area contributed by atoms with Gasteiger partial charge in [0.15, 0.2) is 6.04 Å². The minimum absolute atomic E-state index is 0.0938. The van der Waals surface area contributed by atoms with Gasteiger partial charge < -0.3 is 5.32 Å². The number of hydrogen-bond donors (Lipinski definition) is 1. The molecule has 0 saturated carbocycles. The Kier molecular flexibility index (Phi) is 5.12. The monoisotopic (exact) mass is 446 g/mol. The molecule has 2 aliphatic heterocycles. The van der Waals surface area contributed by atoms with Crippen molar-refractivity contribution in [3.05, 3.63) is 23.7 Å². The number of alkyl halides is 3. The third-order valence-electron chi connectivity index (χ3n) is 5.81. The molecule has 8 nitrogen and oxygen atoms in total. The summed E-state index contributed by atoms with van der Waals surface area (Å²) in [6, 6.07) is -0.385. The molecule has 2 aliphatic rings. The van der Waals surface area contributed by atoms with Gasteiger partial charge in [0, 0.05) is 43.9 Å². The summed E-state index contributed by atoms with van der Waals surface area (Å²) < 4.78 is 70.5. The van der Waals surface area contributed by atoms with E-state index in [9.17, 15) is 21.6 Å². The molecule has 12 heteroatoms. The lowest BCUT2D eigenvalue weighted by atomic mass is 10.0. The average molecular weight is 446 g/mol. The van der Waals surface area contributed by atoms with Crippen molar-refractivity contribution in [3.63, 3.8) is 0 Å². The van der Waals surface area contributed by atoms with Crippen molar-refractivity contribution in [2.24, 2.45) is 0 Å². The van der Waals surface area contributed by atoms with Crippen LogP contribution in [0.3, 0.4) is 0 Å². The number of sulfonamides is 1. The van der Waals surface area contributed by atoms with E-state index in [0.29, 0.717) is 36.7 Å². The lowest BCUT2D eigenvalue weighted by molar-refractivity contribution is -0.173. The zero-order valence-electron chi connectivity index (χ0n) is 17.0. The van der Waals surface area contributed by atoms with E-state index in [2.05, 4.69) is 15.5 Å². The quantitative estimate of drug-likeness (QED) is 0.781. The van der Waals surface area contributed by atoms with Gasteiger partial charge in [-0.1, -0.05) is 0 Å². The Morgan fingerprint density at radius 2 is 2.03 bits per heavy atom. The van der Waals surface area contributed by atoms with Crippen LogP contribution in [0.2, 0.25) is 0 Å². The first-order valence-electron chi connectivity index (χ1n) is 9.97. The molecule has 4 heterocycles. The molecular formula is C18H25F3N6O2S. The second kappa shape index (κ2) is 7.26. The van der Waals surface area contributed by atoms with E-state index in [1.54, 1.807) is 24.6 Å². The molecular weight excluding hydrogens is 421 g/mol. The Balaban J connectivity index is 1.58. The number of nitrogens with one attached hydrogen (secondary N) is 1. The van der Waals surface area contributed by atoms with Gasteiger partial charge in [0.25, 0.3) is 0 Å². The minimum atomic E-state index is -4.39. The second-order valence-corrected chi connectivity index (χ2v) is 9.93. The van der Waals surface area contributed by atoms with Gasteiger partial charge in [-0.25, -0.2) is 13.1 Å². The van der Waals surface area contributed by atoms with Crippen LogP contribution >= 0.6 is 0 Å². The molecule has 30 heavy (non-hydrogen) atoms. The van der Waals surface area contributed by atoms with E-state index >= 15 is 0 Å². The summed E-state index contributed by atoms with van der Waals surface area (Å²) in [7, 11) is -3.72. The minimum Gasteiger partial charge on any atom is -0.368 e. The molecule has 2 aromatic heterocycles. The second-order valence-electron chi connectivity index (χ2n) is 8.02. The van der Waals surface area contributed by atoms with Crippen LogP contribution in [0.4, 0.5) is 19.0 Å². The summed E-state index contributed by atoms with van der Waals surface area (Å²) in [5.74, 6) is 0.0674. The number of anilines is 1. The first kappa shape index (κ1) is 21.2. The summed E-state index contributed by atoms with van der Waals surface area (Å²) in [5, 5.41) is 11.5. The summed E-state index contributed by atoms with van der Waals surface area (Å²) in [4.78, 5) is 0.168. The molecule has 0 amide bonds. The van der Waals surface area contributed by atoms with Gasteiger partial charge in [0.1, 0.15) is 10.7 Å². The molecule has 1 saturated heterocycles. The topological polar surface area (TPSA) is 85.0 Å². The van der Waals surface area contributed by atoms with Crippen LogP contribution in [0.25, 0.3) is 0 Å². The van der Waals surface area contributed by atoms with E-state index in [-0.39, 0.29) is 29.8 Å². The number of hydrogen-bond acceptors (Lipinski definition) is 5. The normalized spacial score (nSPS) is 25.3. The van der Waals surface area contributed by atoms with E-state index in [1.807, 2.05) is 6.92 Å². The fourth-order valence-electron chi connectivity index (χ4n) is 4.22. The Bertz CT molecular complexity index is 1040. The highest BCUT2D eigenvalue weighted by molar-refractivity contribution is 7.89. The van der Waals surface area contributed by atoms with Gasteiger partial charge >= 0.3 is 6.18 Å². The van der Waals surface area contributed by atoms with E-state index in [1.165, 1.54) is 10.5 Å². The van der Waals surface area contributed by atoms with E-state index in [0.717, 1.165) is 4.68 Å². The molecule has 1 unspecified atom stereocenters. The van der Waals surface area contributed by atoms with Gasteiger partial charge in [-0.2, -0.15) is 27.7 Å². The molecule has 0 aromatic carbocycles. The molecule has 0 spiro atoms. The largest absolute Gasteiger partial charge is 0.410 e. The zero-order valence-corrected chi connectivity index (χ0v) is 17.8. The van der Waals surface area contributed by atoms with E-state index in [4.69, 9.17) is 0 Å². The smallest absolute Gasteiger partial charge is 0.368 e. The Morgan fingerprint density at radius 1 is 1.30 bits per heavy atom. The third kappa shape index (κ3) is 3.59. The lowest BCUT2D eigenvalue weighted by Gasteiger charge is -2.31. The maximum absolute atomic E-state index is 13.5. The van der Waals surface area contributed by atoms with Crippen LogP contribution in [0.1, 0.15) is 50.0 Å². The SMILES string of the molecule is CCn1cc(S(=O)(=O)N2CCC(c3cc4n(n3)[C@@H](C(F)(F)F)C[C@@H](C)N4)C2)c(C)n1. The standard InChI is InChI=1S/C18H25F3N6O2S/c1-4-25-10-15(12(3)23-25)30(28,29)26-6-5-13(9-26)14-8-17-22-11(2)7-16(18(19,20)21)27(17)24-14/h8,10-11,13,16,22H,4-7,9H2,1-3H3/t11-,13?,16-/m1/s1. The highest BCUT2D eigenvalue weighted by Crippen LogP contribution is 2.41. The van der Waals surface area contributed by atoms with Crippen molar-refractivity contribution in [1.29, 1.82) is 0 Å². The predicted molar refractivity (Wildman–Crippen MR) is 104 cm³/mol. The van der Waals surface area contributed by atoms with Crippen LogP contribution in [-0.4, -0.2) is 57.6 Å².